The van der Waals surface area contributed by atoms with Gasteiger partial charge in [-0.3, -0.25) is 4.79 Å². The Kier molecular flexibility index (Phi) is 5.44. The quantitative estimate of drug-likeness (QED) is 0.681. The largest absolute Gasteiger partial charge is 0.480 e. The van der Waals surface area contributed by atoms with E-state index < -0.39 is 17.9 Å². The number of fused-ring (bicyclic) bond motifs is 1. The first kappa shape index (κ1) is 19.5. The number of aromatic nitrogens is 3. The Morgan fingerprint density at radius 3 is 2.57 bits per heavy atom. The normalized spacial score (nSPS) is 12.3. The van der Waals surface area contributed by atoms with Crippen molar-refractivity contribution in [3.63, 3.8) is 0 Å². The summed E-state index contributed by atoms with van der Waals surface area (Å²) in [6.07, 6.45) is 1.91. The predicted molar refractivity (Wildman–Crippen MR) is 107 cm³/mol. The maximum Gasteiger partial charge on any atom is 0.326 e. The molecule has 2 aromatic heterocycles. The highest BCUT2D eigenvalue weighted by Crippen LogP contribution is 2.28. The molecule has 0 bridgehead atoms. The summed E-state index contributed by atoms with van der Waals surface area (Å²) in [7, 11) is 0. The number of nitrogens with zero attached hydrogens (tertiary/aromatic N) is 3. The molecule has 2 N–H and O–H groups in total. The van der Waals surface area contributed by atoms with Crippen molar-refractivity contribution in [2.75, 3.05) is 0 Å². The van der Waals surface area contributed by atoms with E-state index in [0.717, 1.165) is 11.1 Å². The van der Waals surface area contributed by atoms with E-state index in [0.29, 0.717) is 28.7 Å². The smallest absolute Gasteiger partial charge is 0.326 e. The zero-order chi connectivity index (χ0) is 20.4. The summed E-state index contributed by atoms with van der Waals surface area (Å²) < 4.78 is 1.77. The highest BCUT2D eigenvalue weighted by Gasteiger charge is 2.23. The zero-order valence-corrected chi connectivity index (χ0v) is 16.4. The minimum absolute atomic E-state index is 0.0652. The molecule has 3 aromatic rings. The molecule has 0 aliphatic rings. The molecule has 0 aliphatic heterocycles. The van der Waals surface area contributed by atoms with E-state index >= 15 is 0 Å². The van der Waals surface area contributed by atoms with Gasteiger partial charge in [-0.2, -0.15) is 5.10 Å². The van der Waals surface area contributed by atoms with Crippen molar-refractivity contribution < 1.29 is 14.7 Å². The SMILES string of the molecule is CCC(NC(=O)c1cc(-c2ccccc2C)nc2c1cnn2C(C)C)C(=O)O. The van der Waals surface area contributed by atoms with Crippen LogP contribution < -0.4 is 5.32 Å². The fourth-order valence-corrected chi connectivity index (χ4v) is 3.16. The van der Waals surface area contributed by atoms with E-state index in [1.807, 2.05) is 45.0 Å². The van der Waals surface area contributed by atoms with Crippen LogP contribution in [0.1, 0.15) is 49.2 Å². The Balaban J connectivity index is 2.19. The van der Waals surface area contributed by atoms with Gasteiger partial charge in [0, 0.05) is 11.6 Å². The molecule has 1 aromatic carbocycles. The Hall–Kier alpha value is -3.22. The number of aliphatic carboxylic acids is 1. The van der Waals surface area contributed by atoms with Gasteiger partial charge in [0.15, 0.2) is 5.65 Å². The maximum atomic E-state index is 12.9. The van der Waals surface area contributed by atoms with Crippen LogP contribution in [0.5, 0.6) is 0 Å². The number of carbonyl (C=O) groups is 2. The third-order valence-electron chi connectivity index (χ3n) is 4.73. The minimum atomic E-state index is -1.06. The number of hydrogen-bond acceptors (Lipinski definition) is 4. The molecule has 0 saturated carbocycles. The average molecular weight is 380 g/mol. The van der Waals surface area contributed by atoms with Gasteiger partial charge in [0.1, 0.15) is 6.04 Å². The number of amides is 1. The van der Waals surface area contributed by atoms with Crippen LogP contribution in [0.15, 0.2) is 36.5 Å². The molecule has 0 spiro atoms. The number of nitrogens with one attached hydrogen (secondary N) is 1. The third-order valence-corrected chi connectivity index (χ3v) is 4.73. The van der Waals surface area contributed by atoms with Crippen molar-refractivity contribution in [1.29, 1.82) is 0 Å². The lowest BCUT2D eigenvalue weighted by Gasteiger charge is -2.14. The molecule has 1 unspecified atom stereocenters. The fraction of sp³-hybridized carbons (Fsp3) is 0.333. The first-order chi connectivity index (χ1) is 13.3. The van der Waals surface area contributed by atoms with Crippen LogP contribution in [0.3, 0.4) is 0 Å². The van der Waals surface area contributed by atoms with Gasteiger partial charge in [-0.25, -0.2) is 14.5 Å². The molecule has 0 aliphatic carbocycles. The van der Waals surface area contributed by atoms with Crippen molar-refractivity contribution in [3.8, 4) is 11.3 Å². The molecule has 146 valence electrons. The molecule has 7 heteroatoms. The van der Waals surface area contributed by atoms with E-state index in [4.69, 9.17) is 4.98 Å². The van der Waals surface area contributed by atoms with E-state index in [9.17, 15) is 14.7 Å². The maximum absolute atomic E-state index is 12.9. The molecule has 3 rings (SSSR count). The van der Waals surface area contributed by atoms with Crippen LogP contribution in [0.25, 0.3) is 22.3 Å². The molecule has 0 fully saturated rings. The van der Waals surface area contributed by atoms with Gasteiger partial charge >= 0.3 is 5.97 Å². The van der Waals surface area contributed by atoms with Gasteiger partial charge in [-0.1, -0.05) is 31.2 Å². The van der Waals surface area contributed by atoms with Gasteiger partial charge in [-0.15, -0.1) is 0 Å². The van der Waals surface area contributed by atoms with E-state index in [1.54, 1.807) is 23.9 Å². The van der Waals surface area contributed by atoms with Crippen molar-refractivity contribution in [2.45, 2.75) is 46.2 Å². The fourth-order valence-electron chi connectivity index (χ4n) is 3.16. The van der Waals surface area contributed by atoms with Crippen LogP contribution in [-0.4, -0.2) is 37.8 Å². The molecule has 1 atom stereocenters. The second-order valence-corrected chi connectivity index (χ2v) is 7.06. The van der Waals surface area contributed by atoms with Crippen LogP contribution in [-0.2, 0) is 4.79 Å². The molecular formula is C21H24N4O3. The Bertz CT molecular complexity index is 1040. The van der Waals surface area contributed by atoms with Crippen LogP contribution in [0, 0.1) is 6.92 Å². The van der Waals surface area contributed by atoms with Crippen LogP contribution in [0.2, 0.25) is 0 Å². The van der Waals surface area contributed by atoms with Gasteiger partial charge < -0.3 is 10.4 Å². The molecular weight excluding hydrogens is 356 g/mol. The first-order valence-corrected chi connectivity index (χ1v) is 9.31. The van der Waals surface area contributed by atoms with E-state index in [-0.39, 0.29) is 6.04 Å². The first-order valence-electron chi connectivity index (χ1n) is 9.31. The van der Waals surface area contributed by atoms with E-state index in [1.165, 1.54) is 0 Å². The summed E-state index contributed by atoms with van der Waals surface area (Å²) in [4.78, 5) is 29.1. The topological polar surface area (TPSA) is 97.1 Å². The Morgan fingerprint density at radius 2 is 1.96 bits per heavy atom. The third kappa shape index (κ3) is 3.60. The summed E-state index contributed by atoms with van der Waals surface area (Å²) in [6, 6.07) is 8.63. The molecule has 0 radical (unpaired) electrons. The van der Waals surface area contributed by atoms with Crippen LogP contribution in [0.4, 0.5) is 0 Å². The molecule has 2 heterocycles. The highest BCUT2D eigenvalue weighted by atomic mass is 16.4. The highest BCUT2D eigenvalue weighted by molar-refractivity contribution is 6.07. The lowest BCUT2D eigenvalue weighted by molar-refractivity contribution is -0.139. The number of aryl methyl sites for hydroxylation is 1. The number of carbonyl (C=O) groups excluding carboxylic acids is 1. The number of hydrogen-bond donors (Lipinski definition) is 2. The van der Waals surface area contributed by atoms with Gasteiger partial charge in [0.2, 0.25) is 0 Å². The monoisotopic (exact) mass is 380 g/mol. The second-order valence-electron chi connectivity index (χ2n) is 7.06. The number of carboxylic acids is 1. The van der Waals surface area contributed by atoms with Gasteiger partial charge in [0.05, 0.1) is 22.8 Å². The molecule has 0 saturated heterocycles. The van der Waals surface area contributed by atoms with Crippen molar-refractivity contribution in [3.05, 3.63) is 47.7 Å². The van der Waals surface area contributed by atoms with Gasteiger partial charge in [-0.05, 0) is 38.8 Å². The number of rotatable bonds is 6. The number of benzene rings is 1. The van der Waals surface area contributed by atoms with Crippen molar-refractivity contribution >= 4 is 22.9 Å². The predicted octanol–water partition coefficient (Wildman–Crippen LogP) is 3.58. The summed E-state index contributed by atoms with van der Waals surface area (Å²) in [5, 5.41) is 16.9. The molecule has 1 amide bonds. The molecule has 7 nitrogen and oxygen atoms in total. The summed E-state index contributed by atoms with van der Waals surface area (Å²) >= 11 is 0. The van der Waals surface area contributed by atoms with Crippen LogP contribution >= 0.6 is 0 Å². The summed E-state index contributed by atoms with van der Waals surface area (Å²) in [5.41, 5.74) is 3.58. The number of pyridine rings is 1. The second kappa shape index (κ2) is 7.80. The lowest BCUT2D eigenvalue weighted by atomic mass is 10.0. The average Bonchev–Trinajstić information content (AvgIpc) is 3.09. The number of carboxylic acid groups (broad SMARTS) is 1. The molecule has 28 heavy (non-hydrogen) atoms. The summed E-state index contributed by atoms with van der Waals surface area (Å²) in [6.45, 7) is 7.69. The zero-order valence-electron chi connectivity index (χ0n) is 16.4. The van der Waals surface area contributed by atoms with E-state index in [2.05, 4.69) is 10.4 Å². The Labute approximate surface area is 163 Å². The minimum Gasteiger partial charge on any atom is -0.480 e. The van der Waals surface area contributed by atoms with Crippen molar-refractivity contribution in [1.82, 2.24) is 20.1 Å². The van der Waals surface area contributed by atoms with Gasteiger partial charge in [0.25, 0.3) is 5.91 Å². The summed E-state index contributed by atoms with van der Waals surface area (Å²) in [5.74, 6) is -1.50. The Morgan fingerprint density at radius 1 is 1.25 bits per heavy atom. The van der Waals surface area contributed by atoms with Crippen molar-refractivity contribution in [2.24, 2.45) is 0 Å². The standard InChI is InChI=1S/C21H24N4O3/c1-5-17(21(27)28)24-20(26)15-10-18(14-9-7-6-8-13(14)4)23-19-16(15)11-22-25(19)12(2)3/h6-12,17H,5H2,1-4H3,(H,24,26)(H,27,28). The lowest BCUT2D eigenvalue weighted by Crippen LogP contribution is -2.40.